The van der Waals surface area contributed by atoms with Crippen molar-refractivity contribution in [2.45, 2.75) is 39.1 Å². The lowest BCUT2D eigenvalue weighted by molar-refractivity contribution is -0.274. The second-order valence-electron chi connectivity index (χ2n) is 7.98. The Morgan fingerprint density at radius 3 is 2.48 bits per heavy atom. The summed E-state index contributed by atoms with van der Waals surface area (Å²) in [6.07, 6.45) is -0.902. The third-order valence-corrected chi connectivity index (χ3v) is 6.14. The van der Waals surface area contributed by atoms with E-state index in [1.54, 1.807) is 23.5 Å². The average molecular weight is 447 g/mol. The van der Waals surface area contributed by atoms with E-state index in [9.17, 15) is 13.2 Å². The lowest BCUT2D eigenvalue weighted by Crippen LogP contribution is -2.26. The fraction of sp³-hybridized carbons (Fsp3) is 0.375. The Hall–Kier alpha value is -2.38. The zero-order valence-electron chi connectivity index (χ0n) is 17.4. The molecule has 4 rings (SSSR count). The molecule has 7 heteroatoms. The Labute approximate surface area is 184 Å². The third-order valence-electron chi connectivity index (χ3n) is 5.20. The van der Waals surface area contributed by atoms with Gasteiger partial charge in [0.1, 0.15) is 10.8 Å². The maximum atomic E-state index is 12.5. The molecule has 2 aromatic carbocycles. The van der Waals surface area contributed by atoms with E-state index in [-0.39, 0.29) is 5.75 Å². The van der Waals surface area contributed by atoms with Gasteiger partial charge in [0.15, 0.2) is 0 Å². The van der Waals surface area contributed by atoms with E-state index >= 15 is 0 Å². The van der Waals surface area contributed by atoms with Crippen LogP contribution in [-0.4, -0.2) is 29.3 Å². The van der Waals surface area contributed by atoms with Crippen molar-refractivity contribution in [3.63, 3.8) is 0 Å². The van der Waals surface area contributed by atoms with Crippen LogP contribution in [0.1, 0.15) is 31.9 Å². The molecular formula is C24H25F3N2OS. The highest BCUT2D eigenvalue weighted by Gasteiger charge is 2.31. The molecule has 0 spiro atoms. The van der Waals surface area contributed by atoms with E-state index < -0.39 is 6.36 Å². The standard InChI is InChI=1S/C24H25F3N2OS/c1-2-11-29(14-17-9-10-17)15-21-16-31-23(28-21)20-7-3-5-18(12-20)19-6-4-8-22(13-19)30-24(25,26)27/h3-8,12-13,16-17H,2,9-11,14-15H2,1H3. The molecule has 0 atom stereocenters. The third kappa shape index (κ3) is 6.31. The smallest absolute Gasteiger partial charge is 0.406 e. The molecule has 3 nitrogen and oxygen atoms in total. The van der Waals surface area contributed by atoms with Gasteiger partial charge in [0.25, 0.3) is 0 Å². The summed E-state index contributed by atoms with van der Waals surface area (Å²) in [4.78, 5) is 7.32. The predicted molar refractivity (Wildman–Crippen MR) is 118 cm³/mol. The number of aromatic nitrogens is 1. The summed E-state index contributed by atoms with van der Waals surface area (Å²) in [5.74, 6) is 0.622. The lowest BCUT2D eigenvalue weighted by Gasteiger charge is -2.20. The fourth-order valence-electron chi connectivity index (χ4n) is 3.66. The number of halogens is 3. The monoisotopic (exact) mass is 446 g/mol. The Balaban J connectivity index is 1.50. The van der Waals surface area contributed by atoms with E-state index in [1.807, 2.05) is 24.3 Å². The summed E-state index contributed by atoms with van der Waals surface area (Å²) in [7, 11) is 0. The number of alkyl halides is 3. The Kier molecular flexibility index (Phi) is 6.62. The van der Waals surface area contributed by atoms with Crippen LogP contribution in [0.5, 0.6) is 5.75 Å². The van der Waals surface area contributed by atoms with Crippen molar-refractivity contribution in [2.75, 3.05) is 13.1 Å². The molecule has 0 radical (unpaired) electrons. The van der Waals surface area contributed by atoms with E-state index in [0.29, 0.717) is 5.56 Å². The number of benzene rings is 2. The first-order valence-corrected chi connectivity index (χ1v) is 11.4. The predicted octanol–water partition coefficient (Wildman–Crippen LogP) is 7.00. The molecule has 1 heterocycles. The molecular weight excluding hydrogens is 421 g/mol. The van der Waals surface area contributed by atoms with Gasteiger partial charge >= 0.3 is 6.36 Å². The van der Waals surface area contributed by atoms with Gasteiger partial charge in [0.05, 0.1) is 5.69 Å². The SMILES string of the molecule is CCCN(Cc1csc(-c2cccc(-c3cccc(OC(F)(F)F)c3)c2)n1)CC1CC1. The van der Waals surface area contributed by atoms with Crippen LogP contribution < -0.4 is 4.74 Å². The van der Waals surface area contributed by atoms with Crippen molar-refractivity contribution in [2.24, 2.45) is 5.92 Å². The summed E-state index contributed by atoms with van der Waals surface area (Å²) in [6.45, 7) is 5.28. The van der Waals surface area contributed by atoms with Gasteiger partial charge in [0, 0.05) is 24.0 Å². The summed E-state index contributed by atoms with van der Waals surface area (Å²) in [6, 6.07) is 13.8. The van der Waals surface area contributed by atoms with Gasteiger partial charge in [-0.15, -0.1) is 24.5 Å². The zero-order valence-corrected chi connectivity index (χ0v) is 18.2. The first-order chi connectivity index (χ1) is 14.9. The minimum atomic E-state index is -4.71. The van der Waals surface area contributed by atoms with E-state index in [4.69, 9.17) is 4.98 Å². The minimum Gasteiger partial charge on any atom is -0.406 e. The maximum Gasteiger partial charge on any atom is 0.573 e. The van der Waals surface area contributed by atoms with Gasteiger partial charge < -0.3 is 4.74 Å². The summed E-state index contributed by atoms with van der Waals surface area (Å²) >= 11 is 1.60. The van der Waals surface area contributed by atoms with Gasteiger partial charge in [0.2, 0.25) is 0 Å². The molecule has 1 aliphatic rings. The Morgan fingerprint density at radius 1 is 1.06 bits per heavy atom. The first kappa shape index (κ1) is 21.8. The van der Waals surface area contributed by atoms with Crippen LogP contribution in [0.4, 0.5) is 13.2 Å². The average Bonchev–Trinajstić information content (AvgIpc) is 3.42. The van der Waals surface area contributed by atoms with Gasteiger partial charge in [-0.05, 0) is 61.1 Å². The first-order valence-electron chi connectivity index (χ1n) is 10.5. The summed E-state index contributed by atoms with van der Waals surface area (Å²) in [5.41, 5.74) is 3.52. The van der Waals surface area contributed by atoms with Gasteiger partial charge in [-0.1, -0.05) is 37.3 Å². The van der Waals surface area contributed by atoms with Crippen LogP contribution in [0, 0.1) is 5.92 Å². The molecule has 31 heavy (non-hydrogen) atoms. The fourth-order valence-corrected chi connectivity index (χ4v) is 4.47. The highest BCUT2D eigenvalue weighted by atomic mass is 32.1. The van der Waals surface area contributed by atoms with Crippen LogP contribution in [-0.2, 0) is 6.54 Å². The van der Waals surface area contributed by atoms with Crippen LogP contribution in [0.25, 0.3) is 21.7 Å². The molecule has 1 saturated carbocycles. The molecule has 3 aromatic rings. The molecule has 0 bridgehead atoms. The highest BCUT2D eigenvalue weighted by molar-refractivity contribution is 7.13. The van der Waals surface area contributed by atoms with Crippen LogP contribution in [0.15, 0.2) is 53.9 Å². The largest absolute Gasteiger partial charge is 0.573 e. The van der Waals surface area contributed by atoms with Crippen molar-refractivity contribution in [3.05, 3.63) is 59.6 Å². The van der Waals surface area contributed by atoms with Crippen molar-refractivity contribution in [1.29, 1.82) is 0 Å². The van der Waals surface area contributed by atoms with E-state index in [1.165, 1.54) is 25.0 Å². The van der Waals surface area contributed by atoms with Crippen LogP contribution in [0.3, 0.4) is 0 Å². The molecule has 164 valence electrons. The molecule has 1 fully saturated rings. The molecule has 0 unspecified atom stereocenters. The molecule has 0 amide bonds. The van der Waals surface area contributed by atoms with E-state index in [0.717, 1.165) is 53.8 Å². The van der Waals surface area contributed by atoms with Gasteiger partial charge in [-0.3, -0.25) is 4.90 Å². The number of hydrogen-bond donors (Lipinski definition) is 0. The van der Waals surface area contributed by atoms with Crippen LogP contribution in [0.2, 0.25) is 0 Å². The van der Waals surface area contributed by atoms with Crippen molar-refractivity contribution >= 4 is 11.3 Å². The summed E-state index contributed by atoms with van der Waals surface area (Å²) < 4.78 is 41.7. The summed E-state index contributed by atoms with van der Waals surface area (Å²) in [5, 5.41) is 3.03. The maximum absolute atomic E-state index is 12.5. The van der Waals surface area contributed by atoms with Crippen molar-refractivity contribution < 1.29 is 17.9 Å². The van der Waals surface area contributed by atoms with Crippen molar-refractivity contribution in [3.8, 4) is 27.4 Å². The second kappa shape index (κ2) is 9.40. The van der Waals surface area contributed by atoms with Gasteiger partial charge in [-0.2, -0.15) is 0 Å². The van der Waals surface area contributed by atoms with Gasteiger partial charge in [-0.25, -0.2) is 4.98 Å². The molecule has 0 saturated heterocycles. The number of nitrogens with zero attached hydrogens (tertiary/aromatic N) is 2. The Bertz CT molecular complexity index is 1010. The highest BCUT2D eigenvalue weighted by Crippen LogP contribution is 2.33. The number of rotatable bonds is 9. The number of thiazole rings is 1. The van der Waals surface area contributed by atoms with Crippen LogP contribution >= 0.6 is 11.3 Å². The molecule has 1 aliphatic carbocycles. The number of ether oxygens (including phenoxy) is 1. The Morgan fingerprint density at radius 2 is 1.77 bits per heavy atom. The van der Waals surface area contributed by atoms with E-state index in [2.05, 4.69) is 21.9 Å². The lowest BCUT2D eigenvalue weighted by atomic mass is 10.0. The zero-order chi connectivity index (χ0) is 21.8. The molecule has 0 aliphatic heterocycles. The topological polar surface area (TPSA) is 25.4 Å². The second-order valence-corrected chi connectivity index (χ2v) is 8.84. The molecule has 0 N–H and O–H groups in total. The normalized spacial score (nSPS) is 14.2. The quantitative estimate of drug-likeness (QED) is 0.354. The number of hydrogen-bond acceptors (Lipinski definition) is 4. The van der Waals surface area contributed by atoms with Crippen molar-refractivity contribution in [1.82, 2.24) is 9.88 Å². The molecule has 1 aromatic heterocycles. The minimum absolute atomic E-state index is 0.224.